The van der Waals surface area contributed by atoms with Gasteiger partial charge in [0.2, 0.25) is 0 Å². The molecule has 1 aromatic rings. The van der Waals surface area contributed by atoms with Crippen LogP contribution >= 0.6 is 11.3 Å². The Balaban J connectivity index is 3.55. The molecule has 0 saturated heterocycles. The van der Waals surface area contributed by atoms with Gasteiger partial charge in [-0.1, -0.05) is 19.1 Å². The minimum Gasteiger partial charge on any atom is -0.144 e. The average Bonchev–Trinajstić information content (AvgIpc) is 2.30. The van der Waals surface area contributed by atoms with Crippen LogP contribution in [0.2, 0.25) is 0 Å². The van der Waals surface area contributed by atoms with Crippen LogP contribution in [0, 0.1) is 6.92 Å². The molecule has 11 heavy (non-hydrogen) atoms. The highest BCUT2D eigenvalue weighted by atomic mass is 32.1. The summed E-state index contributed by atoms with van der Waals surface area (Å²) < 4.78 is 1.21. The van der Waals surface area contributed by atoms with Crippen LogP contribution in [0.1, 0.15) is 25.8 Å². The molecule has 1 heteroatoms. The van der Waals surface area contributed by atoms with E-state index >= 15 is 0 Å². The molecule has 0 atom stereocenters. The van der Waals surface area contributed by atoms with E-state index in [2.05, 4.69) is 32.7 Å². The van der Waals surface area contributed by atoms with Gasteiger partial charge in [0, 0.05) is 4.53 Å². The molecule has 0 radical (unpaired) electrons. The standard InChI is InChI=1S/C10H14S/c1-5-7(2)10-8(3)6-11-9(10)4/h6H,4-5H2,1-3H3/b10-7-. The summed E-state index contributed by atoms with van der Waals surface area (Å²) in [5.41, 5.74) is 2.83. The van der Waals surface area contributed by atoms with Gasteiger partial charge in [0.25, 0.3) is 0 Å². The van der Waals surface area contributed by atoms with Crippen molar-refractivity contribution in [3.63, 3.8) is 0 Å². The first-order valence-corrected chi connectivity index (χ1v) is 4.77. The number of rotatable bonds is 1. The lowest BCUT2D eigenvalue weighted by Crippen LogP contribution is -2.21. The number of thiophene rings is 1. The summed E-state index contributed by atoms with van der Waals surface area (Å²) >= 11 is 1.74. The topological polar surface area (TPSA) is 0 Å². The monoisotopic (exact) mass is 166 g/mol. The Morgan fingerprint density at radius 1 is 1.64 bits per heavy atom. The van der Waals surface area contributed by atoms with Gasteiger partial charge in [0.05, 0.1) is 0 Å². The average molecular weight is 166 g/mol. The second kappa shape index (κ2) is 3.22. The highest BCUT2D eigenvalue weighted by Gasteiger charge is 1.95. The molecule has 0 bridgehead atoms. The van der Waals surface area contributed by atoms with Gasteiger partial charge in [-0.3, -0.25) is 0 Å². The van der Waals surface area contributed by atoms with Gasteiger partial charge in [0.1, 0.15) is 0 Å². The first kappa shape index (κ1) is 8.54. The van der Waals surface area contributed by atoms with Crippen molar-refractivity contribution >= 4 is 23.5 Å². The zero-order chi connectivity index (χ0) is 8.43. The smallest absolute Gasteiger partial charge is 0.0273 e. The quantitative estimate of drug-likeness (QED) is 0.599. The van der Waals surface area contributed by atoms with Crippen LogP contribution in [0.5, 0.6) is 0 Å². The number of aryl methyl sites for hydroxylation is 1. The lowest BCUT2D eigenvalue weighted by atomic mass is 10.1. The molecule has 1 heterocycles. The third-order valence-electron chi connectivity index (χ3n) is 2.01. The Morgan fingerprint density at radius 2 is 2.27 bits per heavy atom. The summed E-state index contributed by atoms with van der Waals surface area (Å²) in [6.07, 6.45) is 1.13. The van der Waals surface area contributed by atoms with Crippen LogP contribution < -0.4 is 9.75 Å². The van der Waals surface area contributed by atoms with Crippen molar-refractivity contribution in [3.8, 4) is 0 Å². The summed E-state index contributed by atoms with van der Waals surface area (Å²) in [4.78, 5) is 0. The molecule has 0 aliphatic heterocycles. The van der Waals surface area contributed by atoms with E-state index in [1.54, 1.807) is 11.3 Å². The normalized spacial score (nSPS) is 13.4. The predicted octanol–water partition coefficient (Wildman–Crippen LogP) is 2.05. The van der Waals surface area contributed by atoms with Crippen molar-refractivity contribution in [1.82, 2.24) is 0 Å². The molecule has 0 fully saturated rings. The van der Waals surface area contributed by atoms with E-state index in [-0.39, 0.29) is 0 Å². The zero-order valence-corrected chi connectivity index (χ0v) is 8.22. The number of hydrogen-bond acceptors (Lipinski definition) is 1. The van der Waals surface area contributed by atoms with Crippen LogP contribution in [0.4, 0.5) is 0 Å². The van der Waals surface area contributed by atoms with E-state index in [9.17, 15) is 0 Å². The second-order valence-electron chi connectivity index (χ2n) is 2.85. The Labute approximate surface area is 71.9 Å². The summed E-state index contributed by atoms with van der Waals surface area (Å²) in [7, 11) is 0. The third-order valence-corrected chi connectivity index (χ3v) is 2.97. The van der Waals surface area contributed by atoms with Gasteiger partial charge in [-0.25, -0.2) is 0 Å². The van der Waals surface area contributed by atoms with Gasteiger partial charge >= 0.3 is 0 Å². The predicted molar refractivity (Wildman–Crippen MR) is 53.2 cm³/mol. The Hall–Kier alpha value is -0.560. The molecule has 0 nitrogen and oxygen atoms in total. The van der Waals surface area contributed by atoms with Crippen molar-refractivity contribution < 1.29 is 0 Å². The van der Waals surface area contributed by atoms with Crippen LogP contribution in [-0.2, 0) is 0 Å². The Bertz CT molecular complexity index is 343. The SMILES string of the molecule is C=c1scc(C)/c1=C(\C)CC. The van der Waals surface area contributed by atoms with Gasteiger partial charge in [-0.2, -0.15) is 0 Å². The van der Waals surface area contributed by atoms with Gasteiger partial charge in [0.15, 0.2) is 0 Å². The molecule has 1 aromatic heterocycles. The van der Waals surface area contributed by atoms with Crippen molar-refractivity contribution in [3.05, 3.63) is 20.7 Å². The summed E-state index contributed by atoms with van der Waals surface area (Å²) in [6, 6.07) is 0. The van der Waals surface area contributed by atoms with Gasteiger partial charge < -0.3 is 0 Å². The largest absolute Gasteiger partial charge is 0.144 e. The first-order chi connectivity index (χ1) is 5.16. The highest BCUT2D eigenvalue weighted by molar-refractivity contribution is 7.07. The van der Waals surface area contributed by atoms with Crippen LogP contribution in [-0.4, -0.2) is 0 Å². The lowest BCUT2D eigenvalue weighted by Gasteiger charge is -1.92. The lowest BCUT2D eigenvalue weighted by molar-refractivity contribution is 1.20. The van der Waals surface area contributed by atoms with Crippen LogP contribution in [0.15, 0.2) is 5.38 Å². The summed E-state index contributed by atoms with van der Waals surface area (Å²) in [5.74, 6) is 0. The van der Waals surface area contributed by atoms with Crippen molar-refractivity contribution in [1.29, 1.82) is 0 Å². The molecule has 0 aliphatic carbocycles. The van der Waals surface area contributed by atoms with E-state index in [1.165, 1.54) is 20.9 Å². The molecular weight excluding hydrogens is 152 g/mol. The fraction of sp³-hybridized carbons (Fsp3) is 0.400. The maximum absolute atomic E-state index is 4.01. The fourth-order valence-corrected chi connectivity index (χ4v) is 2.14. The number of hydrogen-bond donors (Lipinski definition) is 0. The van der Waals surface area contributed by atoms with Crippen LogP contribution in [0.3, 0.4) is 0 Å². The molecule has 0 aromatic carbocycles. The maximum atomic E-state index is 4.01. The molecular formula is C10H14S. The maximum Gasteiger partial charge on any atom is 0.0273 e. The molecule has 0 unspecified atom stereocenters. The van der Waals surface area contributed by atoms with E-state index in [0.717, 1.165) is 6.42 Å². The molecule has 0 amide bonds. The molecule has 0 spiro atoms. The third kappa shape index (κ3) is 1.54. The highest BCUT2D eigenvalue weighted by Crippen LogP contribution is 1.99. The summed E-state index contributed by atoms with van der Waals surface area (Å²) in [5, 5.41) is 3.56. The molecule has 0 aliphatic rings. The van der Waals surface area contributed by atoms with Crippen LogP contribution in [0.25, 0.3) is 12.2 Å². The zero-order valence-electron chi connectivity index (χ0n) is 7.40. The molecule has 60 valence electrons. The van der Waals surface area contributed by atoms with E-state index in [0.29, 0.717) is 0 Å². The molecule has 1 rings (SSSR count). The van der Waals surface area contributed by atoms with E-state index in [4.69, 9.17) is 0 Å². The second-order valence-corrected chi connectivity index (χ2v) is 3.81. The van der Waals surface area contributed by atoms with Crippen molar-refractivity contribution in [2.45, 2.75) is 27.2 Å². The minimum absolute atomic E-state index is 1.13. The van der Waals surface area contributed by atoms with Crippen molar-refractivity contribution in [2.24, 2.45) is 0 Å². The summed E-state index contributed by atoms with van der Waals surface area (Å²) in [6.45, 7) is 10.5. The molecule has 0 N–H and O–H groups in total. The van der Waals surface area contributed by atoms with E-state index < -0.39 is 0 Å². The van der Waals surface area contributed by atoms with E-state index in [1.807, 2.05) is 0 Å². The minimum atomic E-state index is 1.13. The fourth-order valence-electron chi connectivity index (χ4n) is 1.25. The Kier molecular flexibility index (Phi) is 2.50. The van der Waals surface area contributed by atoms with Gasteiger partial charge in [-0.15, -0.1) is 11.3 Å². The first-order valence-electron chi connectivity index (χ1n) is 3.89. The molecule has 0 saturated carbocycles. The van der Waals surface area contributed by atoms with Gasteiger partial charge in [-0.05, 0) is 36.4 Å². The van der Waals surface area contributed by atoms with Crippen molar-refractivity contribution in [2.75, 3.05) is 0 Å². The Morgan fingerprint density at radius 3 is 2.64 bits per heavy atom.